The molecule has 6 rings (SSSR count). The van der Waals surface area contributed by atoms with Crippen molar-refractivity contribution in [3.8, 4) is 33.8 Å². The number of furan rings is 1. The maximum absolute atomic E-state index is 10.4. The Hall–Kier alpha value is -4.50. The molecule has 180 valence electrons. The highest BCUT2D eigenvalue weighted by Gasteiger charge is 2.22. The molecule has 6 aromatic rings. The molecule has 5 aromatic heterocycles. The number of rotatable bonds is 5. The summed E-state index contributed by atoms with van der Waals surface area (Å²) in [6.07, 6.45) is 9.66. The molecule has 0 aliphatic heterocycles. The van der Waals surface area contributed by atoms with E-state index in [1.54, 1.807) is 37.3 Å². The second-order valence-corrected chi connectivity index (χ2v) is 9.89. The molecule has 0 bridgehead atoms. The number of aliphatic hydroxyl groups excluding tert-OH is 1. The predicted molar refractivity (Wildman–Crippen MR) is 139 cm³/mol. The van der Waals surface area contributed by atoms with E-state index in [1.807, 2.05) is 45.0 Å². The summed E-state index contributed by atoms with van der Waals surface area (Å²) in [4.78, 5) is 17.0. The lowest BCUT2D eigenvalue weighted by molar-refractivity contribution is 0.0880. The maximum atomic E-state index is 10.4. The topological polar surface area (TPSA) is 129 Å². The van der Waals surface area contributed by atoms with Crippen molar-refractivity contribution >= 4 is 27.6 Å². The van der Waals surface area contributed by atoms with Crippen molar-refractivity contribution in [1.82, 2.24) is 30.1 Å². The Labute approximate surface area is 206 Å². The molecule has 0 radical (unpaired) electrons. The number of hydrogen-bond donors (Lipinski definition) is 4. The van der Waals surface area contributed by atoms with E-state index >= 15 is 0 Å². The molecule has 0 amide bonds. The van der Waals surface area contributed by atoms with Crippen LogP contribution in [0.25, 0.3) is 55.7 Å². The first-order chi connectivity index (χ1) is 17.4. The molecular weight excluding hydrogens is 454 g/mol. The normalized spacial score (nSPS) is 12.9. The van der Waals surface area contributed by atoms with Crippen LogP contribution in [0.15, 0.2) is 72.1 Å². The van der Waals surface area contributed by atoms with E-state index in [2.05, 4.69) is 36.5 Å². The van der Waals surface area contributed by atoms with Crippen LogP contribution < -0.4 is 5.32 Å². The van der Waals surface area contributed by atoms with E-state index in [1.165, 1.54) is 0 Å². The predicted octanol–water partition coefficient (Wildman–Crippen LogP) is 5.60. The zero-order valence-corrected chi connectivity index (χ0v) is 20.1. The molecule has 0 aliphatic rings. The minimum Gasteiger partial charge on any atom is -0.472 e. The van der Waals surface area contributed by atoms with Gasteiger partial charge in [-0.1, -0.05) is 26.8 Å². The number of aliphatic hydroxyl groups is 1. The monoisotopic (exact) mass is 479 g/mol. The van der Waals surface area contributed by atoms with Crippen molar-refractivity contribution in [1.29, 1.82) is 0 Å². The second-order valence-electron chi connectivity index (χ2n) is 9.89. The number of aromatic amines is 2. The van der Waals surface area contributed by atoms with Gasteiger partial charge in [0.05, 0.1) is 41.6 Å². The first-order valence-electron chi connectivity index (χ1n) is 11.6. The lowest BCUT2D eigenvalue weighted by Gasteiger charge is -2.27. The van der Waals surface area contributed by atoms with Crippen LogP contribution in [-0.4, -0.2) is 41.5 Å². The summed E-state index contributed by atoms with van der Waals surface area (Å²) in [6.45, 7) is 5.92. The number of fused-ring (bicyclic) bond motifs is 2. The van der Waals surface area contributed by atoms with Crippen LogP contribution in [0.1, 0.15) is 20.8 Å². The molecule has 1 atom stereocenters. The summed E-state index contributed by atoms with van der Waals surface area (Å²) in [7, 11) is 0. The Morgan fingerprint density at radius 1 is 0.944 bits per heavy atom. The Bertz CT molecular complexity index is 1680. The van der Waals surface area contributed by atoms with Crippen molar-refractivity contribution in [3.05, 3.63) is 67.6 Å². The van der Waals surface area contributed by atoms with Gasteiger partial charge in [-0.15, -0.1) is 0 Å². The van der Waals surface area contributed by atoms with Crippen molar-refractivity contribution in [2.24, 2.45) is 5.41 Å². The van der Waals surface area contributed by atoms with Gasteiger partial charge in [0, 0.05) is 39.9 Å². The molecule has 0 aliphatic carbocycles. The number of nitrogens with one attached hydrogen (secondary N) is 3. The van der Waals surface area contributed by atoms with E-state index < -0.39 is 6.23 Å². The highest BCUT2D eigenvalue weighted by molar-refractivity contribution is 5.98. The highest BCUT2D eigenvalue weighted by Crippen LogP contribution is 2.33. The van der Waals surface area contributed by atoms with Gasteiger partial charge in [-0.2, -0.15) is 5.10 Å². The molecule has 0 fully saturated rings. The third-order valence-corrected chi connectivity index (χ3v) is 6.21. The first kappa shape index (κ1) is 22.0. The van der Waals surface area contributed by atoms with Crippen LogP contribution in [0, 0.1) is 5.41 Å². The fraction of sp³-hybridized carbons (Fsp3) is 0.185. The molecule has 1 aromatic carbocycles. The lowest BCUT2D eigenvalue weighted by Crippen LogP contribution is -2.33. The lowest BCUT2D eigenvalue weighted by atomic mass is 9.94. The maximum Gasteiger partial charge on any atom is 0.159 e. The fourth-order valence-corrected chi connectivity index (χ4v) is 4.10. The van der Waals surface area contributed by atoms with Crippen LogP contribution in [0.3, 0.4) is 0 Å². The second kappa shape index (κ2) is 8.31. The van der Waals surface area contributed by atoms with Gasteiger partial charge >= 0.3 is 0 Å². The summed E-state index contributed by atoms with van der Waals surface area (Å²) >= 11 is 0. The molecule has 9 nitrogen and oxygen atoms in total. The summed E-state index contributed by atoms with van der Waals surface area (Å²) in [5.74, 6) is 0.646. The number of benzene rings is 1. The zero-order chi connectivity index (χ0) is 24.9. The number of hydrogen-bond acceptors (Lipinski definition) is 7. The van der Waals surface area contributed by atoms with E-state index in [0.717, 1.165) is 49.9 Å². The van der Waals surface area contributed by atoms with Gasteiger partial charge in [-0.25, -0.2) is 4.98 Å². The Balaban J connectivity index is 1.40. The first-order valence-corrected chi connectivity index (χ1v) is 11.6. The molecule has 36 heavy (non-hydrogen) atoms. The van der Waals surface area contributed by atoms with E-state index in [0.29, 0.717) is 11.5 Å². The highest BCUT2D eigenvalue weighted by atomic mass is 16.3. The van der Waals surface area contributed by atoms with Crippen LogP contribution in [-0.2, 0) is 0 Å². The molecular formula is C27H25N7O2. The van der Waals surface area contributed by atoms with Crippen LogP contribution in [0.5, 0.6) is 0 Å². The van der Waals surface area contributed by atoms with Gasteiger partial charge < -0.3 is 19.8 Å². The molecule has 4 N–H and O–H groups in total. The van der Waals surface area contributed by atoms with E-state index in [-0.39, 0.29) is 5.41 Å². The molecule has 9 heteroatoms. The Morgan fingerprint density at radius 3 is 2.61 bits per heavy atom. The van der Waals surface area contributed by atoms with Gasteiger partial charge in [0.2, 0.25) is 0 Å². The van der Waals surface area contributed by atoms with Gasteiger partial charge in [-0.05, 0) is 29.8 Å². The summed E-state index contributed by atoms with van der Waals surface area (Å²) in [5, 5.41) is 22.2. The third-order valence-electron chi connectivity index (χ3n) is 6.21. The SMILES string of the molecule is CC(C)(C)C(O)Nc1cncc(-c2ccc3[nH]nc(-c4nc5c(-c6ccoc6)cncc5[nH]4)c3c2)c1. The fourth-order valence-electron chi connectivity index (χ4n) is 4.10. The standard InChI is InChI=1S/C27H25N7O2/c1-27(2,3)26(35)30-18-8-17(10-28-11-18)15-4-5-21-19(9-15)24(34-33-21)25-31-22-13-29-12-20(23(22)32-25)16-6-7-36-14-16/h4-14,26,30,35H,1-3H3,(H,31,32)(H,33,34). The van der Waals surface area contributed by atoms with Gasteiger partial charge in [-0.3, -0.25) is 15.1 Å². The molecule has 1 unspecified atom stereocenters. The summed E-state index contributed by atoms with van der Waals surface area (Å²) in [6, 6.07) is 9.94. The van der Waals surface area contributed by atoms with Crippen LogP contribution in [0.4, 0.5) is 5.69 Å². The van der Waals surface area contributed by atoms with Crippen molar-refractivity contribution in [3.63, 3.8) is 0 Å². The Morgan fingerprint density at radius 2 is 1.81 bits per heavy atom. The summed E-state index contributed by atoms with van der Waals surface area (Å²) in [5.41, 5.74) is 7.37. The average Bonchev–Trinajstić information content (AvgIpc) is 3.62. The number of anilines is 1. The largest absolute Gasteiger partial charge is 0.472 e. The van der Waals surface area contributed by atoms with E-state index in [9.17, 15) is 5.11 Å². The third kappa shape index (κ3) is 3.89. The average molecular weight is 480 g/mol. The Kier molecular flexibility index (Phi) is 5.08. The smallest absolute Gasteiger partial charge is 0.159 e. The van der Waals surface area contributed by atoms with Crippen molar-refractivity contribution in [2.75, 3.05) is 5.32 Å². The minimum absolute atomic E-state index is 0.305. The van der Waals surface area contributed by atoms with Gasteiger partial charge in [0.25, 0.3) is 0 Å². The molecule has 0 saturated heterocycles. The van der Waals surface area contributed by atoms with Crippen LogP contribution >= 0.6 is 0 Å². The van der Waals surface area contributed by atoms with Crippen molar-refractivity contribution < 1.29 is 9.52 Å². The summed E-state index contributed by atoms with van der Waals surface area (Å²) < 4.78 is 5.25. The van der Waals surface area contributed by atoms with Gasteiger partial charge in [0.15, 0.2) is 5.82 Å². The number of nitrogens with zero attached hydrogens (tertiary/aromatic N) is 4. The van der Waals surface area contributed by atoms with Gasteiger partial charge in [0.1, 0.15) is 17.4 Å². The molecule has 5 heterocycles. The number of imidazole rings is 1. The zero-order valence-electron chi connectivity index (χ0n) is 20.1. The van der Waals surface area contributed by atoms with E-state index in [4.69, 9.17) is 9.40 Å². The minimum atomic E-state index is -0.702. The van der Waals surface area contributed by atoms with Crippen molar-refractivity contribution in [2.45, 2.75) is 27.0 Å². The number of H-pyrrole nitrogens is 2. The van der Waals surface area contributed by atoms with Crippen LogP contribution in [0.2, 0.25) is 0 Å². The molecule has 0 spiro atoms. The molecule has 0 saturated carbocycles. The number of pyridine rings is 2. The number of aromatic nitrogens is 6. The quantitative estimate of drug-likeness (QED) is 0.237.